The molecule has 1 aliphatic rings. The number of carboxylic acids is 1. The van der Waals surface area contributed by atoms with Gasteiger partial charge >= 0.3 is 12.0 Å². The van der Waals surface area contributed by atoms with E-state index < -0.39 is 11.4 Å². The van der Waals surface area contributed by atoms with Crippen LogP contribution in [0.4, 0.5) is 10.5 Å². The zero-order valence-electron chi connectivity index (χ0n) is 11.8. The van der Waals surface area contributed by atoms with Gasteiger partial charge in [0.15, 0.2) is 0 Å². The summed E-state index contributed by atoms with van der Waals surface area (Å²) in [5.41, 5.74) is 0.108. The van der Waals surface area contributed by atoms with E-state index in [1.807, 2.05) is 6.07 Å². The van der Waals surface area contributed by atoms with Crippen molar-refractivity contribution in [1.82, 2.24) is 4.90 Å². The number of piperidine rings is 1. The van der Waals surface area contributed by atoms with Crippen molar-refractivity contribution < 1.29 is 14.7 Å². The van der Waals surface area contributed by atoms with E-state index in [1.165, 1.54) is 0 Å². The minimum absolute atomic E-state index is 0.301. The highest BCUT2D eigenvalue weighted by molar-refractivity contribution is 5.91. The van der Waals surface area contributed by atoms with Crippen LogP contribution in [-0.4, -0.2) is 35.1 Å². The number of amides is 2. The third kappa shape index (κ3) is 3.14. The van der Waals surface area contributed by atoms with Gasteiger partial charge in [-0.2, -0.15) is 5.26 Å². The monoisotopic (exact) mass is 287 g/mol. The number of carboxylic acid groups (broad SMARTS) is 1. The van der Waals surface area contributed by atoms with Crippen molar-refractivity contribution in [2.45, 2.75) is 19.8 Å². The van der Waals surface area contributed by atoms with Gasteiger partial charge in [0.05, 0.1) is 16.7 Å². The third-order valence-electron chi connectivity index (χ3n) is 3.96. The maximum absolute atomic E-state index is 12.2. The van der Waals surface area contributed by atoms with Gasteiger partial charge in [-0.1, -0.05) is 12.1 Å². The van der Waals surface area contributed by atoms with Crippen molar-refractivity contribution in [3.63, 3.8) is 0 Å². The first-order valence-corrected chi connectivity index (χ1v) is 6.75. The molecule has 0 unspecified atom stereocenters. The van der Waals surface area contributed by atoms with E-state index in [9.17, 15) is 14.7 Å². The molecule has 0 radical (unpaired) electrons. The SMILES string of the molecule is CC1(C(=O)O)CCN(C(=O)Nc2ccccc2C#N)CC1. The second-order valence-electron chi connectivity index (χ2n) is 5.44. The Bertz CT molecular complexity index is 598. The quantitative estimate of drug-likeness (QED) is 0.872. The molecule has 1 heterocycles. The van der Waals surface area contributed by atoms with Crippen LogP contribution >= 0.6 is 0 Å². The maximum Gasteiger partial charge on any atom is 0.321 e. The van der Waals surface area contributed by atoms with E-state index in [2.05, 4.69) is 5.32 Å². The number of benzene rings is 1. The normalized spacial score (nSPS) is 16.9. The summed E-state index contributed by atoms with van der Waals surface area (Å²) >= 11 is 0. The Hall–Kier alpha value is -2.55. The van der Waals surface area contributed by atoms with Gasteiger partial charge in [-0.3, -0.25) is 4.79 Å². The molecule has 1 aromatic carbocycles. The molecule has 2 rings (SSSR count). The van der Waals surface area contributed by atoms with Gasteiger partial charge in [0.1, 0.15) is 6.07 Å². The predicted octanol–water partition coefficient (Wildman–Crippen LogP) is 2.28. The Morgan fingerprint density at radius 3 is 2.52 bits per heavy atom. The zero-order chi connectivity index (χ0) is 15.5. The zero-order valence-corrected chi connectivity index (χ0v) is 11.8. The number of carbonyl (C=O) groups is 2. The van der Waals surface area contributed by atoms with Gasteiger partial charge in [0, 0.05) is 13.1 Å². The molecule has 1 fully saturated rings. The summed E-state index contributed by atoms with van der Waals surface area (Å²) in [5, 5.41) is 20.9. The van der Waals surface area contributed by atoms with Gasteiger partial charge < -0.3 is 15.3 Å². The minimum atomic E-state index is -0.822. The second-order valence-corrected chi connectivity index (χ2v) is 5.44. The smallest absolute Gasteiger partial charge is 0.321 e. The Morgan fingerprint density at radius 2 is 1.95 bits per heavy atom. The number of nitriles is 1. The third-order valence-corrected chi connectivity index (χ3v) is 3.96. The minimum Gasteiger partial charge on any atom is -0.481 e. The largest absolute Gasteiger partial charge is 0.481 e. The van der Waals surface area contributed by atoms with E-state index >= 15 is 0 Å². The molecule has 0 bridgehead atoms. The standard InChI is InChI=1S/C15H17N3O3/c1-15(13(19)20)6-8-18(9-7-15)14(21)17-12-5-3-2-4-11(12)10-16/h2-5H,6-9H2,1H3,(H,17,21)(H,19,20). The molecule has 6 heteroatoms. The number of hydrogen-bond acceptors (Lipinski definition) is 3. The van der Waals surface area contributed by atoms with Gasteiger partial charge in [0.25, 0.3) is 0 Å². The Morgan fingerprint density at radius 1 is 1.33 bits per heavy atom. The van der Waals surface area contributed by atoms with Crippen LogP contribution in [-0.2, 0) is 4.79 Å². The lowest BCUT2D eigenvalue weighted by Gasteiger charge is -2.36. The maximum atomic E-state index is 12.2. The lowest BCUT2D eigenvalue weighted by molar-refractivity contribution is -0.150. The molecule has 2 amide bonds. The van der Waals surface area contributed by atoms with Crippen molar-refractivity contribution in [3.8, 4) is 6.07 Å². The van der Waals surface area contributed by atoms with Crippen molar-refractivity contribution in [1.29, 1.82) is 5.26 Å². The summed E-state index contributed by atoms with van der Waals surface area (Å²) in [6.45, 7) is 2.49. The first-order valence-electron chi connectivity index (χ1n) is 6.75. The van der Waals surface area contributed by atoms with E-state index in [0.29, 0.717) is 37.2 Å². The predicted molar refractivity (Wildman–Crippen MR) is 76.7 cm³/mol. The van der Waals surface area contributed by atoms with Crippen LogP contribution in [0.25, 0.3) is 0 Å². The van der Waals surface area contributed by atoms with Gasteiger partial charge in [-0.15, -0.1) is 0 Å². The summed E-state index contributed by atoms with van der Waals surface area (Å²) in [7, 11) is 0. The van der Waals surface area contributed by atoms with Crippen LogP contribution in [0.2, 0.25) is 0 Å². The molecular weight excluding hydrogens is 270 g/mol. The molecule has 1 aromatic rings. The molecule has 21 heavy (non-hydrogen) atoms. The van der Waals surface area contributed by atoms with Gasteiger partial charge in [-0.25, -0.2) is 4.79 Å². The Kier molecular flexibility index (Phi) is 4.13. The summed E-state index contributed by atoms with van der Waals surface area (Å²) in [5.74, 6) is -0.822. The molecule has 0 spiro atoms. The van der Waals surface area contributed by atoms with E-state index in [1.54, 1.807) is 36.1 Å². The Labute approximate surface area is 123 Å². The summed E-state index contributed by atoms with van der Waals surface area (Å²) in [4.78, 5) is 24.9. The van der Waals surface area contributed by atoms with Crippen LogP contribution in [0.5, 0.6) is 0 Å². The number of anilines is 1. The molecule has 6 nitrogen and oxygen atoms in total. The number of carbonyl (C=O) groups excluding carboxylic acids is 1. The molecule has 110 valence electrons. The number of nitrogens with one attached hydrogen (secondary N) is 1. The van der Waals surface area contributed by atoms with Crippen molar-refractivity contribution in [2.24, 2.45) is 5.41 Å². The van der Waals surface area contributed by atoms with Gasteiger partial charge in [0.2, 0.25) is 0 Å². The number of para-hydroxylation sites is 1. The number of likely N-dealkylation sites (tertiary alicyclic amines) is 1. The molecule has 0 aliphatic carbocycles. The van der Waals surface area contributed by atoms with E-state index in [0.717, 1.165) is 0 Å². The molecule has 0 saturated carbocycles. The number of nitrogens with zero attached hydrogens (tertiary/aromatic N) is 2. The van der Waals surface area contributed by atoms with Crippen molar-refractivity contribution >= 4 is 17.7 Å². The number of hydrogen-bond donors (Lipinski definition) is 2. The lowest BCUT2D eigenvalue weighted by Crippen LogP contribution is -2.46. The van der Waals surface area contributed by atoms with Crippen molar-refractivity contribution in [3.05, 3.63) is 29.8 Å². The first kappa shape index (κ1) is 14.9. The molecule has 1 aliphatic heterocycles. The fraction of sp³-hybridized carbons (Fsp3) is 0.400. The van der Waals surface area contributed by atoms with Crippen LogP contribution in [0.1, 0.15) is 25.3 Å². The first-order chi connectivity index (χ1) is 9.96. The number of aliphatic carboxylic acids is 1. The molecule has 1 saturated heterocycles. The van der Waals surface area contributed by atoms with Crippen LogP contribution < -0.4 is 5.32 Å². The van der Waals surface area contributed by atoms with E-state index in [4.69, 9.17) is 5.26 Å². The average Bonchev–Trinajstić information content (AvgIpc) is 2.48. The molecule has 2 N–H and O–H groups in total. The molecule has 0 aromatic heterocycles. The highest BCUT2D eigenvalue weighted by Gasteiger charge is 2.38. The topological polar surface area (TPSA) is 93.4 Å². The van der Waals surface area contributed by atoms with Crippen LogP contribution in [0, 0.1) is 16.7 Å². The molecule has 0 atom stereocenters. The molecular formula is C15H17N3O3. The Balaban J connectivity index is 2.00. The summed E-state index contributed by atoms with van der Waals surface area (Å²) in [6, 6.07) is 8.49. The summed E-state index contributed by atoms with van der Waals surface area (Å²) < 4.78 is 0. The van der Waals surface area contributed by atoms with Crippen LogP contribution in [0.3, 0.4) is 0 Å². The highest BCUT2D eigenvalue weighted by atomic mass is 16.4. The van der Waals surface area contributed by atoms with Crippen LogP contribution in [0.15, 0.2) is 24.3 Å². The second kappa shape index (κ2) is 5.83. The number of urea groups is 1. The fourth-order valence-electron chi connectivity index (χ4n) is 2.30. The lowest BCUT2D eigenvalue weighted by atomic mass is 9.80. The average molecular weight is 287 g/mol. The van der Waals surface area contributed by atoms with Gasteiger partial charge in [-0.05, 0) is 31.9 Å². The summed E-state index contributed by atoms with van der Waals surface area (Å²) in [6.07, 6.45) is 0.852. The van der Waals surface area contributed by atoms with Crippen molar-refractivity contribution in [2.75, 3.05) is 18.4 Å². The highest BCUT2D eigenvalue weighted by Crippen LogP contribution is 2.31. The number of rotatable bonds is 2. The van der Waals surface area contributed by atoms with E-state index in [-0.39, 0.29) is 6.03 Å². The fourth-order valence-corrected chi connectivity index (χ4v) is 2.30.